The molecule has 3 aromatic rings. The second-order valence-corrected chi connectivity index (χ2v) is 6.19. The van der Waals surface area contributed by atoms with Crippen LogP contribution in [0.3, 0.4) is 0 Å². The number of hydrogen-bond acceptors (Lipinski definition) is 5. The van der Waals surface area contributed by atoms with Crippen LogP contribution in [0.4, 0.5) is 5.69 Å². The van der Waals surface area contributed by atoms with Crippen LogP contribution in [0.5, 0.6) is 11.5 Å². The number of ether oxygens (including phenoxy) is 2. The lowest BCUT2D eigenvalue weighted by Gasteiger charge is -2.15. The lowest BCUT2D eigenvalue weighted by Crippen LogP contribution is -2.24. The number of aromatic nitrogens is 3. The van der Waals surface area contributed by atoms with Crippen LogP contribution in [0.2, 0.25) is 0 Å². The molecule has 0 radical (unpaired) electrons. The molecule has 1 atom stereocenters. The standard InChI is InChI=1S/C19H22N4O3/c1-11-8-15-16(9-12(11)2)23(22-21-15)13(3)19(24)20-14-6-7-17(25-4)18(10-14)26-5/h6-10,13H,1-5H3,(H,20,24). The van der Waals surface area contributed by atoms with E-state index in [1.807, 2.05) is 26.0 Å². The first-order valence-electron chi connectivity index (χ1n) is 8.29. The van der Waals surface area contributed by atoms with E-state index in [0.717, 1.165) is 22.2 Å². The normalized spacial score (nSPS) is 12.0. The van der Waals surface area contributed by atoms with Crippen molar-refractivity contribution in [2.75, 3.05) is 19.5 Å². The first-order valence-corrected chi connectivity index (χ1v) is 8.29. The van der Waals surface area contributed by atoms with E-state index < -0.39 is 6.04 Å². The van der Waals surface area contributed by atoms with Crippen molar-refractivity contribution in [3.05, 3.63) is 41.5 Å². The molecular weight excluding hydrogens is 332 g/mol. The van der Waals surface area contributed by atoms with Gasteiger partial charge in [0.1, 0.15) is 11.6 Å². The number of fused-ring (bicyclic) bond motifs is 1. The summed E-state index contributed by atoms with van der Waals surface area (Å²) in [5.74, 6) is 0.962. The number of rotatable bonds is 5. The van der Waals surface area contributed by atoms with Crippen LogP contribution >= 0.6 is 0 Å². The van der Waals surface area contributed by atoms with Crippen LogP contribution in [-0.2, 0) is 4.79 Å². The van der Waals surface area contributed by atoms with E-state index >= 15 is 0 Å². The molecule has 2 aromatic carbocycles. The number of nitrogens with one attached hydrogen (secondary N) is 1. The van der Waals surface area contributed by atoms with E-state index in [2.05, 4.69) is 15.6 Å². The predicted octanol–water partition coefficient (Wildman–Crippen LogP) is 3.27. The van der Waals surface area contributed by atoms with Crippen molar-refractivity contribution in [1.29, 1.82) is 0 Å². The van der Waals surface area contributed by atoms with E-state index in [1.54, 1.807) is 44.0 Å². The molecular formula is C19H22N4O3. The molecule has 0 saturated carbocycles. The van der Waals surface area contributed by atoms with Crippen molar-refractivity contribution in [2.24, 2.45) is 0 Å². The maximum Gasteiger partial charge on any atom is 0.249 e. The highest BCUT2D eigenvalue weighted by molar-refractivity contribution is 5.94. The number of carbonyl (C=O) groups excluding carboxylic acids is 1. The Balaban J connectivity index is 1.85. The molecule has 1 unspecified atom stereocenters. The number of hydrogen-bond donors (Lipinski definition) is 1. The number of benzene rings is 2. The Bertz CT molecular complexity index is 965. The SMILES string of the molecule is COc1ccc(NC(=O)C(C)n2nnc3cc(C)c(C)cc32)cc1OC. The summed E-state index contributed by atoms with van der Waals surface area (Å²) in [5, 5.41) is 11.2. The third kappa shape index (κ3) is 3.20. The molecule has 0 aliphatic carbocycles. The third-order valence-electron chi connectivity index (χ3n) is 4.48. The van der Waals surface area contributed by atoms with Gasteiger partial charge in [0.05, 0.1) is 19.7 Å². The van der Waals surface area contributed by atoms with Crippen LogP contribution in [0.25, 0.3) is 11.0 Å². The van der Waals surface area contributed by atoms with Gasteiger partial charge in [-0.1, -0.05) is 5.21 Å². The summed E-state index contributed by atoms with van der Waals surface area (Å²) in [6, 6.07) is 8.69. The molecule has 0 bridgehead atoms. The van der Waals surface area contributed by atoms with Gasteiger partial charge in [-0.25, -0.2) is 4.68 Å². The maximum atomic E-state index is 12.7. The van der Waals surface area contributed by atoms with Crippen molar-refractivity contribution in [2.45, 2.75) is 26.8 Å². The summed E-state index contributed by atoms with van der Waals surface area (Å²) < 4.78 is 12.1. The lowest BCUT2D eigenvalue weighted by molar-refractivity contribution is -0.119. The highest BCUT2D eigenvalue weighted by atomic mass is 16.5. The van der Waals surface area contributed by atoms with Crippen LogP contribution in [0.1, 0.15) is 24.1 Å². The molecule has 0 fully saturated rings. The van der Waals surface area contributed by atoms with Gasteiger partial charge in [0.15, 0.2) is 11.5 Å². The Hall–Kier alpha value is -3.09. The molecule has 0 saturated heterocycles. The second kappa shape index (κ2) is 7.03. The highest BCUT2D eigenvalue weighted by Gasteiger charge is 2.20. The summed E-state index contributed by atoms with van der Waals surface area (Å²) in [5.41, 5.74) is 4.51. The van der Waals surface area contributed by atoms with E-state index in [0.29, 0.717) is 17.2 Å². The van der Waals surface area contributed by atoms with E-state index in [1.165, 1.54) is 0 Å². The minimum Gasteiger partial charge on any atom is -0.493 e. The van der Waals surface area contributed by atoms with E-state index in [-0.39, 0.29) is 5.91 Å². The minimum absolute atomic E-state index is 0.192. The van der Waals surface area contributed by atoms with Crippen molar-refractivity contribution < 1.29 is 14.3 Å². The van der Waals surface area contributed by atoms with Crippen LogP contribution in [-0.4, -0.2) is 35.1 Å². The van der Waals surface area contributed by atoms with Crippen molar-refractivity contribution in [3.8, 4) is 11.5 Å². The maximum absolute atomic E-state index is 12.7. The number of carbonyl (C=O) groups is 1. The summed E-state index contributed by atoms with van der Waals surface area (Å²) in [4.78, 5) is 12.7. The molecule has 1 N–H and O–H groups in total. The van der Waals surface area contributed by atoms with Crippen molar-refractivity contribution >= 4 is 22.6 Å². The molecule has 7 nitrogen and oxygen atoms in total. The zero-order valence-electron chi connectivity index (χ0n) is 15.5. The van der Waals surface area contributed by atoms with Crippen molar-refractivity contribution in [1.82, 2.24) is 15.0 Å². The predicted molar refractivity (Wildman–Crippen MR) is 99.9 cm³/mol. The fourth-order valence-electron chi connectivity index (χ4n) is 2.75. The van der Waals surface area contributed by atoms with Crippen LogP contribution in [0.15, 0.2) is 30.3 Å². The summed E-state index contributed by atoms with van der Waals surface area (Å²) in [6.45, 7) is 5.85. The van der Waals surface area contributed by atoms with Gasteiger partial charge in [-0.05, 0) is 56.2 Å². The largest absolute Gasteiger partial charge is 0.493 e. The fourth-order valence-corrected chi connectivity index (χ4v) is 2.75. The first kappa shape index (κ1) is 17.7. The third-order valence-corrected chi connectivity index (χ3v) is 4.48. The summed E-state index contributed by atoms with van der Waals surface area (Å²) in [7, 11) is 3.12. The average Bonchev–Trinajstić information content (AvgIpc) is 3.03. The topological polar surface area (TPSA) is 78.3 Å². The molecule has 0 aliphatic heterocycles. The molecule has 0 aliphatic rings. The quantitative estimate of drug-likeness (QED) is 0.761. The Morgan fingerprint density at radius 3 is 2.46 bits per heavy atom. The number of methoxy groups -OCH3 is 2. The number of anilines is 1. The molecule has 1 amide bonds. The Kier molecular flexibility index (Phi) is 4.79. The first-order chi connectivity index (χ1) is 12.4. The van der Waals surface area contributed by atoms with Gasteiger partial charge in [0, 0.05) is 11.8 Å². The van der Waals surface area contributed by atoms with Gasteiger partial charge in [-0.3, -0.25) is 4.79 Å². The van der Waals surface area contributed by atoms with E-state index in [4.69, 9.17) is 9.47 Å². The molecule has 26 heavy (non-hydrogen) atoms. The van der Waals surface area contributed by atoms with Gasteiger partial charge in [0.2, 0.25) is 5.91 Å². The molecule has 1 heterocycles. The molecule has 7 heteroatoms. The molecule has 136 valence electrons. The van der Waals surface area contributed by atoms with Gasteiger partial charge >= 0.3 is 0 Å². The zero-order chi connectivity index (χ0) is 18.8. The van der Waals surface area contributed by atoms with Crippen molar-refractivity contribution in [3.63, 3.8) is 0 Å². The minimum atomic E-state index is -0.518. The molecule has 3 rings (SSSR count). The molecule has 0 spiro atoms. The Morgan fingerprint density at radius 1 is 1.08 bits per heavy atom. The van der Waals surface area contributed by atoms with E-state index in [9.17, 15) is 4.79 Å². The van der Waals surface area contributed by atoms with Crippen LogP contribution < -0.4 is 14.8 Å². The number of amides is 1. The number of nitrogens with zero attached hydrogens (tertiary/aromatic N) is 3. The fraction of sp³-hybridized carbons (Fsp3) is 0.316. The zero-order valence-corrected chi connectivity index (χ0v) is 15.5. The average molecular weight is 354 g/mol. The Labute approximate surface area is 151 Å². The lowest BCUT2D eigenvalue weighted by atomic mass is 10.1. The van der Waals surface area contributed by atoms with Gasteiger partial charge in [0.25, 0.3) is 0 Å². The summed E-state index contributed by atoms with van der Waals surface area (Å²) >= 11 is 0. The number of aryl methyl sites for hydroxylation is 2. The van der Waals surface area contributed by atoms with Crippen LogP contribution in [0, 0.1) is 13.8 Å². The van der Waals surface area contributed by atoms with Gasteiger partial charge < -0.3 is 14.8 Å². The second-order valence-electron chi connectivity index (χ2n) is 6.19. The smallest absolute Gasteiger partial charge is 0.249 e. The Morgan fingerprint density at radius 2 is 1.77 bits per heavy atom. The monoisotopic (exact) mass is 354 g/mol. The van der Waals surface area contributed by atoms with Gasteiger partial charge in [-0.2, -0.15) is 0 Å². The molecule has 1 aromatic heterocycles. The summed E-state index contributed by atoms with van der Waals surface area (Å²) in [6.07, 6.45) is 0. The highest BCUT2D eigenvalue weighted by Crippen LogP contribution is 2.30. The van der Waals surface area contributed by atoms with Gasteiger partial charge in [-0.15, -0.1) is 5.10 Å².